The molecule has 3 aromatic rings. The lowest BCUT2D eigenvalue weighted by Gasteiger charge is -2.44. The van der Waals surface area contributed by atoms with Gasteiger partial charge in [0, 0.05) is 31.1 Å². The molecule has 0 fully saturated rings. The minimum absolute atomic E-state index is 0.0168. The molecule has 0 N–H and O–H groups in total. The largest absolute Gasteiger partial charge is 0.466 e. The zero-order valence-electron chi connectivity index (χ0n) is 19.8. The number of alkyl halides is 1. The number of carbonyl (C=O) groups is 1. The standard InChI is InChI=1S/C26H27F3N2O3/c1-14-8-17-11-22-21(30-15(2)34-22)12-18(17)25(31(14)13-26(3,4)29)24-19(27)9-16(10-20(24)28)6-7-23(32)33-5/h6-7,9-12,14,25H,8,13H2,1-5H3/b7-6+/t14-,25+/m1/s1. The normalized spacial score (nSPS) is 19.1. The molecule has 0 saturated heterocycles. The number of methoxy groups -OCH3 is 1. The van der Waals surface area contributed by atoms with Crippen molar-refractivity contribution >= 4 is 23.1 Å². The summed E-state index contributed by atoms with van der Waals surface area (Å²) < 4.78 is 56.0. The fourth-order valence-electron chi connectivity index (χ4n) is 4.64. The second kappa shape index (κ2) is 8.91. The smallest absolute Gasteiger partial charge is 0.330 e. The number of benzene rings is 2. The highest BCUT2D eigenvalue weighted by molar-refractivity contribution is 5.87. The van der Waals surface area contributed by atoms with Gasteiger partial charge in [-0.05, 0) is 74.2 Å². The number of fused-ring (bicyclic) bond motifs is 2. The van der Waals surface area contributed by atoms with Crippen LogP contribution in [0.5, 0.6) is 0 Å². The van der Waals surface area contributed by atoms with Crippen molar-refractivity contribution in [2.45, 2.75) is 51.9 Å². The number of ether oxygens (including phenoxy) is 1. The molecule has 0 aliphatic carbocycles. The van der Waals surface area contributed by atoms with Gasteiger partial charge in [0.25, 0.3) is 0 Å². The zero-order chi connectivity index (χ0) is 24.8. The zero-order valence-corrected chi connectivity index (χ0v) is 19.8. The van der Waals surface area contributed by atoms with Gasteiger partial charge in [0.1, 0.15) is 22.8 Å². The Morgan fingerprint density at radius 3 is 2.56 bits per heavy atom. The predicted octanol–water partition coefficient (Wildman–Crippen LogP) is 5.68. The first-order valence-electron chi connectivity index (χ1n) is 11.1. The third-order valence-corrected chi connectivity index (χ3v) is 6.01. The molecule has 1 aliphatic rings. The van der Waals surface area contributed by atoms with Crippen molar-refractivity contribution in [3.05, 3.63) is 70.1 Å². The molecule has 1 aromatic heterocycles. The monoisotopic (exact) mass is 472 g/mol. The highest BCUT2D eigenvalue weighted by Crippen LogP contribution is 2.42. The number of oxazole rings is 1. The molecule has 180 valence electrons. The van der Waals surface area contributed by atoms with Gasteiger partial charge < -0.3 is 9.15 Å². The van der Waals surface area contributed by atoms with Gasteiger partial charge in [-0.15, -0.1) is 0 Å². The molecule has 0 amide bonds. The first-order valence-corrected chi connectivity index (χ1v) is 11.1. The van der Waals surface area contributed by atoms with Gasteiger partial charge >= 0.3 is 5.97 Å². The van der Waals surface area contributed by atoms with E-state index in [1.807, 2.05) is 13.0 Å². The van der Waals surface area contributed by atoms with Crippen LogP contribution in [0.1, 0.15) is 55.0 Å². The molecule has 8 heteroatoms. The molecule has 0 spiro atoms. The van der Waals surface area contributed by atoms with Gasteiger partial charge in [-0.25, -0.2) is 22.9 Å². The summed E-state index contributed by atoms with van der Waals surface area (Å²) in [5.41, 5.74) is 1.13. The molecule has 2 aromatic carbocycles. The Morgan fingerprint density at radius 1 is 1.26 bits per heavy atom. The maximum atomic E-state index is 15.5. The summed E-state index contributed by atoms with van der Waals surface area (Å²) in [4.78, 5) is 17.5. The second-order valence-corrected chi connectivity index (χ2v) is 9.35. The fourth-order valence-corrected chi connectivity index (χ4v) is 4.64. The van der Waals surface area contributed by atoms with Gasteiger partial charge in [0.15, 0.2) is 11.5 Å². The van der Waals surface area contributed by atoms with Crippen molar-refractivity contribution in [3.8, 4) is 0 Å². The predicted molar refractivity (Wildman–Crippen MR) is 123 cm³/mol. The highest BCUT2D eigenvalue weighted by Gasteiger charge is 2.39. The Morgan fingerprint density at radius 2 is 1.94 bits per heavy atom. The second-order valence-electron chi connectivity index (χ2n) is 9.35. The third-order valence-electron chi connectivity index (χ3n) is 6.01. The summed E-state index contributed by atoms with van der Waals surface area (Å²) in [6.07, 6.45) is 2.94. The number of aromatic nitrogens is 1. The molecule has 2 heterocycles. The van der Waals surface area contributed by atoms with Crippen LogP contribution in [0.3, 0.4) is 0 Å². The number of carbonyl (C=O) groups excluding carboxylic acids is 1. The lowest BCUT2D eigenvalue weighted by Crippen LogP contribution is -2.48. The lowest BCUT2D eigenvalue weighted by atomic mass is 9.83. The minimum atomic E-state index is -1.59. The summed E-state index contributed by atoms with van der Waals surface area (Å²) in [6, 6.07) is 4.90. The quantitative estimate of drug-likeness (QED) is 0.353. The van der Waals surface area contributed by atoms with Crippen LogP contribution < -0.4 is 0 Å². The highest BCUT2D eigenvalue weighted by atomic mass is 19.1. The summed E-state index contributed by atoms with van der Waals surface area (Å²) >= 11 is 0. The number of halogens is 3. The number of aryl methyl sites for hydroxylation is 1. The van der Waals surface area contributed by atoms with Crippen molar-refractivity contribution in [2.24, 2.45) is 0 Å². The number of hydrogen-bond acceptors (Lipinski definition) is 5. The third kappa shape index (κ3) is 4.73. The van der Waals surface area contributed by atoms with Crippen molar-refractivity contribution in [2.75, 3.05) is 13.7 Å². The van der Waals surface area contributed by atoms with Crippen LogP contribution in [0.4, 0.5) is 13.2 Å². The number of nitrogens with zero attached hydrogens (tertiary/aromatic N) is 2. The van der Waals surface area contributed by atoms with E-state index in [1.165, 1.54) is 27.0 Å². The van der Waals surface area contributed by atoms with Gasteiger partial charge in [0.05, 0.1) is 13.2 Å². The molecule has 5 nitrogen and oxygen atoms in total. The van der Waals surface area contributed by atoms with Crippen LogP contribution in [0.15, 0.2) is 34.8 Å². The van der Waals surface area contributed by atoms with Crippen LogP contribution in [-0.4, -0.2) is 41.2 Å². The number of hydrogen-bond donors (Lipinski definition) is 0. The Kier molecular flexibility index (Phi) is 6.29. The van der Waals surface area contributed by atoms with Crippen LogP contribution >= 0.6 is 0 Å². The molecule has 0 unspecified atom stereocenters. The number of rotatable bonds is 5. The van der Waals surface area contributed by atoms with Crippen molar-refractivity contribution in [1.82, 2.24) is 9.88 Å². The average molecular weight is 473 g/mol. The lowest BCUT2D eigenvalue weighted by molar-refractivity contribution is -0.134. The molecular formula is C26H27F3N2O3. The van der Waals surface area contributed by atoms with E-state index in [0.29, 0.717) is 29.0 Å². The maximum Gasteiger partial charge on any atom is 0.330 e. The molecule has 2 atom stereocenters. The van der Waals surface area contributed by atoms with E-state index in [9.17, 15) is 9.18 Å². The molecule has 0 bridgehead atoms. The topological polar surface area (TPSA) is 55.6 Å². The summed E-state index contributed by atoms with van der Waals surface area (Å²) in [5, 5.41) is 0. The summed E-state index contributed by atoms with van der Waals surface area (Å²) in [7, 11) is 1.22. The summed E-state index contributed by atoms with van der Waals surface area (Å²) in [5.74, 6) is -1.72. The van der Waals surface area contributed by atoms with E-state index >= 15 is 8.78 Å². The number of esters is 1. The van der Waals surface area contributed by atoms with Gasteiger partial charge in [-0.2, -0.15) is 0 Å². The first kappa shape index (κ1) is 24.0. The van der Waals surface area contributed by atoms with Crippen LogP contribution in [0, 0.1) is 18.6 Å². The molecule has 34 heavy (non-hydrogen) atoms. The maximum absolute atomic E-state index is 15.5. The van der Waals surface area contributed by atoms with E-state index in [4.69, 9.17) is 4.42 Å². The van der Waals surface area contributed by atoms with Crippen molar-refractivity contribution in [1.29, 1.82) is 0 Å². The molecule has 0 radical (unpaired) electrons. The Hall–Kier alpha value is -3.13. The molecule has 0 saturated carbocycles. The fraction of sp³-hybridized carbons (Fsp3) is 0.385. The minimum Gasteiger partial charge on any atom is -0.466 e. The van der Waals surface area contributed by atoms with Crippen LogP contribution in [0.2, 0.25) is 0 Å². The Balaban J connectivity index is 1.89. The van der Waals surface area contributed by atoms with E-state index in [0.717, 1.165) is 23.8 Å². The van der Waals surface area contributed by atoms with Crippen LogP contribution in [0.25, 0.3) is 17.2 Å². The first-order chi connectivity index (χ1) is 16.0. The van der Waals surface area contributed by atoms with E-state index in [-0.39, 0.29) is 23.7 Å². The van der Waals surface area contributed by atoms with E-state index in [1.54, 1.807) is 17.9 Å². The molecule has 1 aliphatic heterocycles. The Labute approximate surface area is 196 Å². The van der Waals surface area contributed by atoms with E-state index in [2.05, 4.69) is 9.72 Å². The van der Waals surface area contributed by atoms with Crippen LogP contribution in [-0.2, 0) is 16.0 Å². The van der Waals surface area contributed by atoms with Crippen molar-refractivity contribution in [3.63, 3.8) is 0 Å². The van der Waals surface area contributed by atoms with Gasteiger partial charge in [-0.1, -0.05) is 0 Å². The van der Waals surface area contributed by atoms with Crippen molar-refractivity contribution < 1.29 is 27.1 Å². The van der Waals surface area contributed by atoms with E-state index < -0.39 is 29.3 Å². The SMILES string of the molecule is COC(=O)/C=C/c1cc(F)c([C@@H]2c3cc4nc(C)oc4cc3C[C@@H](C)N2CC(C)(C)F)c(F)c1. The molecule has 4 rings (SSSR count). The van der Waals surface area contributed by atoms with Gasteiger partial charge in [-0.3, -0.25) is 4.90 Å². The Bertz CT molecular complexity index is 1250. The summed E-state index contributed by atoms with van der Waals surface area (Å²) in [6.45, 7) is 6.53. The molecular weight excluding hydrogens is 445 g/mol. The van der Waals surface area contributed by atoms with Gasteiger partial charge in [0.2, 0.25) is 0 Å². The average Bonchev–Trinajstić information content (AvgIpc) is 3.10.